The molecule has 0 bridgehead atoms. The molecule has 0 spiro atoms. The molecule has 0 aromatic carbocycles. The Balaban J connectivity index is 2.40. The van der Waals surface area contributed by atoms with Crippen molar-refractivity contribution in [1.29, 1.82) is 5.41 Å². The largest absolute Gasteiger partial charge is 0.463 e. The quantitative estimate of drug-likeness (QED) is 0.421. The molecule has 5 heteroatoms. The maximum Gasteiger partial charge on any atom is 0.317 e. The van der Waals surface area contributed by atoms with Crippen molar-refractivity contribution in [3.63, 3.8) is 0 Å². The second-order valence-electron chi connectivity index (χ2n) is 4.35. The van der Waals surface area contributed by atoms with Crippen LogP contribution in [0.4, 0.5) is 0 Å². The van der Waals surface area contributed by atoms with Gasteiger partial charge >= 0.3 is 6.01 Å². The number of amidine groups is 1. The van der Waals surface area contributed by atoms with Crippen LogP contribution in [0.15, 0.2) is 6.07 Å². The van der Waals surface area contributed by atoms with Crippen LogP contribution in [0.5, 0.6) is 6.01 Å². The van der Waals surface area contributed by atoms with Crippen LogP contribution in [-0.2, 0) is 0 Å². The summed E-state index contributed by atoms with van der Waals surface area (Å²) in [5, 5.41) is 7.35. The summed E-state index contributed by atoms with van der Waals surface area (Å²) >= 11 is 0. The van der Waals surface area contributed by atoms with Crippen molar-refractivity contribution < 1.29 is 4.74 Å². The van der Waals surface area contributed by atoms with Gasteiger partial charge in [0, 0.05) is 5.69 Å². The molecule has 100 valence electrons. The number of hydrogen-bond acceptors (Lipinski definition) is 4. The Hall–Kier alpha value is -1.65. The smallest absolute Gasteiger partial charge is 0.317 e. The summed E-state index contributed by atoms with van der Waals surface area (Å²) in [5.41, 5.74) is 6.58. The van der Waals surface area contributed by atoms with Gasteiger partial charge in [0.1, 0.15) is 11.5 Å². The molecule has 0 aliphatic rings. The molecule has 3 N–H and O–H groups in total. The summed E-state index contributed by atoms with van der Waals surface area (Å²) in [6, 6.07) is 1.99. The summed E-state index contributed by atoms with van der Waals surface area (Å²) in [6.07, 6.45) is 5.93. The molecule has 0 fully saturated rings. The van der Waals surface area contributed by atoms with Crippen molar-refractivity contribution >= 4 is 5.84 Å². The van der Waals surface area contributed by atoms with Gasteiger partial charge < -0.3 is 10.5 Å². The Morgan fingerprint density at radius 2 is 2.00 bits per heavy atom. The van der Waals surface area contributed by atoms with E-state index in [2.05, 4.69) is 16.9 Å². The molecular weight excluding hydrogens is 228 g/mol. The molecule has 5 nitrogen and oxygen atoms in total. The molecule has 0 aliphatic carbocycles. The molecule has 0 aliphatic heterocycles. The van der Waals surface area contributed by atoms with E-state index in [9.17, 15) is 0 Å². The Labute approximate surface area is 108 Å². The monoisotopic (exact) mass is 250 g/mol. The van der Waals surface area contributed by atoms with E-state index in [1.807, 2.05) is 6.92 Å². The fourth-order valence-corrected chi connectivity index (χ4v) is 1.61. The number of hydrogen-bond donors (Lipinski definition) is 2. The van der Waals surface area contributed by atoms with Crippen molar-refractivity contribution in [2.75, 3.05) is 6.61 Å². The number of aryl methyl sites for hydroxylation is 1. The van der Waals surface area contributed by atoms with E-state index in [-0.39, 0.29) is 5.84 Å². The first-order valence-corrected chi connectivity index (χ1v) is 6.46. The van der Waals surface area contributed by atoms with Gasteiger partial charge in [-0.05, 0) is 19.4 Å². The van der Waals surface area contributed by atoms with E-state index in [0.717, 1.165) is 12.1 Å². The van der Waals surface area contributed by atoms with Crippen LogP contribution in [0.3, 0.4) is 0 Å². The molecule has 1 aromatic rings. The minimum atomic E-state index is -0.0618. The van der Waals surface area contributed by atoms with Gasteiger partial charge in [-0.25, -0.2) is 4.98 Å². The van der Waals surface area contributed by atoms with Crippen LogP contribution < -0.4 is 10.5 Å². The predicted molar refractivity (Wildman–Crippen MR) is 72.0 cm³/mol. The second-order valence-corrected chi connectivity index (χ2v) is 4.35. The van der Waals surface area contributed by atoms with Crippen LogP contribution in [0.2, 0.25) is 0 Å². The van der Waals surface area contributed by atoms with E-state index in [1.165, 1.54) is 25.7 Å². The van der Waals surface area contributed by atoms with Crippen LogP contribution in [0.25, 0.3) is 0 Å². The molecule has 1 heterocycles. The molecule has 1 aromatic heterocycles. The number of nitrogens with two attached hydrogens (primary N) is 1. The van der Waals surface area contributed by atoms with Gasteiger partial charge in [0.05, 0.1) is 6.61 Å². The van der Waals surface area contributed by atoms with Crippen molar-refractivity contribution in [2.45, 2.75) is 46.0 Å². The normalized spacial score (nSPS) is 10.3. The Bertz CT molecular complexity index is 393. The highest BCUT2D eigenvalue weighted by Crippen LogP contribution is 2.08. The zero-order chi connectivity index (χ0) is 13.4. The van der Waals surface area contributed by atoms with Gasteiger partial charge in [0.25, 0.3) is 0 Å². The van der Waals surface area contributed by atoms with Crippen LogP contribution in [0.1, 0.15) is 50.4 Å². The third kappa shape index (κ3) is 5.12. The van der Waals surface area contributed by atoms with Crippen LogP contribution in [0, 0.1) is 12.3 Å². The van der Waals surface area contributed by atoms with Gasteiger partial charge in [-0.2, -0.15) is 4.98 Å². The highest BCUT2D eigenvalue weighted by atomic mass is 16.5. The number of nitrogens with one attached hydrogen (secondary N) is 1. The van der Waals surface area contributed by atoms with E-state index < -0.39 is 0 Å². The standard InChI is InChI=1S/C13H22N4O/c1-3-4-5-6-7-8-18-13-16-10(2)9-11(17-13)12(14)15/h9H,3-8H2,1-2H3,(H3,14,15). The SMILES string of the molecule is CCCCCCCOc1nc(C)cc(C(=N)N)n1. The van der Waals surface area contributed by atoms with Gasteiger partial charge in [-0.1, -0.05) is 32.6 Å². The van der Waals surface area contributed by atoms with Crippen molar-refractivity contribution in [3.8, 4) is 6.01 Å². The van der Waals surface area contributed by atoms with E-state index in [1.54, 1.807) is 6.07 Å². The summed E-state index contributed by atoms with van der Waals surface area (Å²) in [5.74, 6) is -0.0618. The second kappa shape index (κ2) is 7.63. The van der Waals surface area contributed by atoms with Crippen LogP contribution >= 0.6 is 0 Å². The highest BCUT2D eigenvalue weighted by Gasteiger charge is 2.05. The lowest BCUT2D eigenvalue weighted by molar-refractivity contribution is 0.280. The lowest BCUT2D eigenvalue weighted by Gasteiger charge is -2.06. The average Bonchev–Trinajstić information content (AvgIpc) is 2.33. The number of nitrogen functional groups attached to an aromatic ring is 1. The van der Waals surface area contributed by atoms with E-state index in [0.29, 0.717) is 18.3 Å². The number of ether oxygens (including phenoxy) is 1. The summed E-state index contributed by atoms with van der Waals surface area (Å²) in [7, 11) is 0. The first-order valence-electron chi connectivity index (χ1n) is 6.46. The average molecular weight is 250 g/mol. The maximum atomic E-state index is 7.35. The van der Waals surface area contributed by atoms with Gasteiger partial charge in [0.2, 0.25) is 0 Å². The van der Waals surface area contributed by atoms with Crippen molar-refractivity contribution in [1.82, 2.24) is 9.97 Å². The van der Waals surface area contributed by atoms with Gasteiger partial charge in [-0.3, -0.25) is 5.41 Å². The molecular formula is C13H22N4O. The molecule has 0 unspecified atom stereocenters. The molecule has 0 radical (unpaired) electrons. The van der Waals surface area contributed by atoms with Crippen LogP contribution in [-0.4, -0.2) is 22.4 Å². The number of rotatable bonds is 8. The summed E-state index contributed by atoms with van der Waals surface area (Å²) in [6.45, 7) is 4.65. The minimum Gasteiger partial charge on any atom is -0.463 e. The molecule has 0 atom stereocenters. The Kier molecular flexibility index (Phi) is 6.11. The highest BCUT2D eigenvalue weighted by molar-refractivity contribution is 5.93. The number of nitrogens with zero attached hydrogens (tertiary/aromatic N) is 2. The van der Waals surface area contributed by atoms with Gasteiger partial charge in [-0.15, -0.1) is 0 Å². The third-order valence-electron chi connectivity index (χ3n) is 2.59. The number of unbranched alkanes of at least 4 members (excludes halogenated alkanes) is 4. The third-order valence-corrected chi connectivity index (χ3v) is 2.59. The zero-order valence-electron chi connectivity index (χ0n) is 11.2. The number of aromatic nitrogens is 2. The molecule has 1 rings (SSSR count). The summed E-state index contributed by atoms with van der Waals surface area (Å²) in [4.78, 5) is 8.25. The molecule has 0 saturated carbocycles. The fourth-order valence-electron chi connectivity index (χ4n) is 1.61. The molecule has 0 saturated heterocycles. The lowest BCUT2D eigenvalue weighted by Crippen LogP contribution is -2.15. The zero-order valence-corrected chi connectivity index (χ0v) is 11.2. The minimum absolute atomic E-state index is 0.0618. The topological polar surface area (TPSA) is 84.9 Å². The maximum absolute atomic E-state index is 7.35. The first kappa shape index (κ1) is 14.4. The van der Waals surface area contributed by atoms with E-state index >= 15 is 0 Å². The molecule has 18 heavy (non-hydrogen) atoms. The Morgan fingerprint density at radius 3 is 2.67 bits per heavy atom. The Morgan fingerprint density at radius 1 is 1.28 bits per heavy atom. The molecule has 0 amide bonds. The van der Waals surface area contributed by atoms with Crippen molar-refractivity contribution in [2.24, 2.45) is 5.73 Å². The first-order chi connectivity index (χ1) is 8.63. The fraction of sp³-hybridized carbons (Fsp3) is 0.615. The lowest BCUT2D eigenvalue weighted by atomic mass is 10.2. The summed E-state index contributed by atoms with van der Waals surface area (Å²) < 4.78 is 5.48. The predicted octanol–water partition coefficient (Wildman–Crippen LogP) is 2.42. The van der Waals surface area contributed by atoms with Gasteiger partial charge in [0.15, 0.2) is 0 Å². The van der Waals surface area contributed by atoms with Crippen molar-refractivity contribution in [3.05, 3.63) is 17.5 Å². The van der Waals surface area contributed by atoms with E-state index in [4.69, 9.17) is 15.9 Å².